The number of amides is 2. The third-order valence-electron chi connectivity index (χ3n) is 5.39. The lowest BCUT2D eigenvalue weighted by atomic mass is 9.97. The second kappa shape index (κ2) is 10.2. The summed E-state index contributed by atoms with van der Waals surface area (Å²) in [6.45, 7) is 5.51. The van der Waals surface area contributed by atoms with Crippen LogP contribution in [0.1, 0.15) is 39.0 Å². The van der Waals surface area contributed by atoms with Gasteiger partial charge in [-0.2, -0.15) is 0 Å². The normalized spacial score (nSPS) is 17.4. The summed E-state index contributed by atoms with van der Waals surface area (Å²) >= 11 is 0. The zero-order valence-electron chi connectivity index (χ0n) is 16.7. The summed E-state index contributed by atoms with van der Waals surface area (Å²) in [5.41, 5.74) is 0.873. The van der Waals surface area contributed by atoms with E-state index in [4.69, 9.17) is 0 Å². The Kier molecular flexibility index (Phi) is 7.43. The summed E-state index contributed by atoms with van der Waals surface area (Å²) in [5.74, 6) is 0.680. The van der Waals surface area contributed by atoms with Gasteiger partial charge >= 0.3 is 0 Å². The molecule has 0 aromatic heterocycles. The summed E-state index contributed by atoms with van der Waals surface area (Å²) in [4.78, 5) is 26.5. The van der Waals surface area contributed by atoms with Crippen molar-refractivity contribution >= 4 is 28.3 Å². The SMILES string of the molecule is CCCC(=O)NCC1CCCN(CCC(=O)Nc2cccc3ccccc23)C1. The molecular formula is C23H31N3O2. The van der Waals surface area contributed by atoms with E-state index in [1.165, 1.54) is 0 Å². The van der Waals surface area contributed by atoms with Crippen LogP contribution in [-0.2, 0) is 9.59 Å². The van der Waals surface area contributed by atoms with Crippen molar-refractivity contribution in [3.63, 3.8) is 0 Å². The minimum absolute atomic E-state index is 0.0507. The Labute approximate surface area is 167 Å². The highest BCUT2D eigenvalue weighted by Crippen LogP contribution is 2.23. The Morgan fingerprint density at radius 2 is 1.89 bits per heavy atom. The first-order chi connectivity index (χ1) is 13.7. The molecule has 0 bridgehead atoms. The molecule has 0 saturated carbocycles. The third kappa shape index (κ3) is 5.80. The zero-order valence-corrected chi connectivity index (χ0v) is 16.7. The molecule has 28 heavy (non-hydrogen) atoms. The molecule has 1 saturated heterocycles. The largest absolute Gasteiger partial charge is 0.356 e. The van der Waals surface area contributed by atoms with E-state index in [1.807, 2.05) is 37.3 Å². The Balaban J connectivity index is 1.45. The molecule has 2 N–H and O–H groups in total. The number of carbonyl (C=O) groups is 2. The summed E-state index contributed by atoms with van der Waals surface area (Å²) in [5, 5.41) is 8.31. The van der Waals surface area contributed by atoms with Crippen LogP contribution in [0.15, 0.2) is 42.5 Å². The molecule has 2 amide bonds. The Morgan fingerprint density at radius 1 is 1.07 bits per heavy atom. The van der Waals surface area contributed by atoms with Crippen molar-refractivity contribution in [1.29, 1.82) is 0 Å². The number of benzene rings is 2. The van der Waals surface area contributed by atoms with Crippen LogP contribution in [0, 0.1) is 5.92 Å². The molecule has 150 valence electrons. The van der Waals surface area contributed by atoms with Gasteiger partial charge in [0, 0.05) is 43.5 Å². The molecule has 1 unspecified atom stereocenters. The third-order valence-corrected chi connectivity index (χ3v) is 5.39. The van der Waals surface area contributed by atoms with Crippen LogP contribution in [0.4, 0.5) is 5.69 Å². The first kappa shape index (κ1) is 20.3. The van der Waals surface area contributed by atoms with Crippen LogP contribution in [-0.4, -0.2) is 42.9 Å². The summed E-state index contributed by atoms with van der Waals surface area (Å²) in [7, 11) is 0. The lowest BCUT2D eigenvalue weighted by Crippen LogP contribution is -2.41. The summed E-state index contributed by atoms with van der Waals surface area (Å²) < 4.78 is 0. The van der Waals surface area contributed by atoms with Crippen LogP contribution in [0.25, 0.3) is 10.8 Å². The second-order valence-electron chi connectivity index (χ2n) is 7.69. The number of nitrogens with one attached hydrogen (secondary N) is 2. The molecule has 0 radical (unpaired) electrons. The number of likely N-dealkylation sites (tertiary alicyclic amines) is 1. The van der Waals surface area contributed by atoms with E-state index in [2.05, 4.69) is 27.7 Å². The second-order valence-corrected chi connectivity index (χ2v) is 7.69. The first-order valence-electron chi connectivity index (χ1n) is 10.4. The first-order valence-corrected chi connectivity index (χ1v) is 10.4. The maximum Gasteiger partial charge on any atom is 0.225 e. The predicted molar refractivity (Wildman–Crippen MR) is 114 cm³/mol. The number of piperidine rings is 1. The van der Waals surface area contributed by atoms with Gasteiger partial charge in [-0.15, -0.1) is 0 Å². The molecule has 1 heterocycles. The molecule has 3 rings (SSSR count). The molecule has 5 nitrogen and oxygen atoms in total. The van der Waals surface area contributed by atoms with Crippen molar-refractivity contribution in [2.45, 2.75) is 39.0 Å². The highest BCUT2D eigenvalue weighted by atomic mass is 16.2. The molecule has 0 spiro atoms. The molecule has 2 aromatic carbocycles. The molecule has 1 aliphatic rings. The predicted octanol–water partition coefficient (Wildman–Crippen LogP) is 3.80. The number of fused-ring (bicyclic) bond motifs is 1. The lowest BCUT2D eigenvalue weighted by Gasteiger charge is -2.32. The minimum Gasteiger partial charge on any atom is -0.356 e. The van der Waals surface area contributed by atoms with Gasteiger partial charge in [0.2, 0.25) is 11.8 Å². The maximum absolute atomic E-state index is 12.5. The molecule has 1 fully saturated rings. The van der Waals surface area contributed by atoms with Crippen LogP contribution in [0.5, 0.6) is 0 Å². The molecular weight excluding hydrogens is 350 g/mol. The molecule has 0 aliphatic carbocycles. The fourth-order valence-electron chi connectivity index (χ4n) is 3.90. The molecule has 1 atom stereocenters. The van der Waals surface area contributed by atoms with Gasteiger partial charge in [-0.1, -0.05) is 43.3 Å². The minimum atomic E-state index is 0.0507. The molecule has 2 aromatic rings. The van der Waals surface area contributed by atoms with E-state index in [1.54, 1.807) is 0 Å². The standard InChI is InChI=1S/C23H31N3O2/c1-2-7-22(27)24-16-18-8-6-14-26(17-18)15-13-23(28)25-21-12-5-10-19-9-3-4-11-20(19)21/h3-5,9-12,18H,2,6-8,13-17H2,1H3,(H,24,27)(H,25,28). The highest BCUT2D eigenvalue weighted by Gasteiger charge is 2.20. The van der Waals surface area contributed by atoms with E-state index in [9.17, 15) is 9.59 Å². The lowest BCUT2D eigenvalue weighted by molar-refractivity contribution is -0.121. The van der Waals surface area contributed by atoms with Gasteiger partial charge in [0.05, 0.1) is 0 Å². The Bertz CT molecular complexity index is 800. The van der Waals surface area contributed by atoms with Crippen molar-refractivity contribution < 1.29 is 9.59 Å². The van der Waals surface area contributed by atoms with Crippen molar-refractivity contribution in [3.8, 4) is 0 Å². The summed E-state index contributed by atoms with van der Waals surface area (Å²) in [6, 6.07) is 14.1. The topological polar surface area (TPSA) is 61.4 Å². The van der Waals surface area contributed by atoms with Crippen LogP contribution >= 0.6 is 0 Å². The van der Waals surface area contributed by atoms with Gasteiger partial charge < -0.3 is 15.5 Å². The summed E-state index contributed by atoms with van der Waals surface area (Å²) in [6.07, 6.45) is 4.24. The van der Waals surface area contributed by atoms with Gasteiger partial charge in [0.15, 0.2) is 0 Å². The van der Waals surface area contributed by atoms with Gasteiger partial charge in [0.1, 0.15) is 0 Å². The number of hydrogen-bond donors (Lipinski definition) is 2. The Morgan fingerprint density at radius 3 is 2.75 bits per heavy atom. The fraction of sp³-hybridized carbons (Fsp3) is 0.478. The van der Waals surface area contributed by atoms with E-state index in [-0.39, 0.29) is 11.8 Å². The average molecular weight is 382 g/mol. The van der Waals surface area contributed by atoms with Gasteiger partial charge in [-0.25, -0.2) is 0 Å². The number of rotatable bonds is 8. The quantitative estimate of drug-likeness (QED) is 0.731. The van der Waals surface area contributed by atoms with Gasteiger partial charge in [0.25, 0.3) is 0 Å². The van der Waals surface area contributed by atoms with Crippen molar-refractivity contribution in [2.75, 3.05) is 31.5 Å². The number of anilines is 1. The fourth-order valence-corrected chi connectivity index (χ4v) is 3.90. The van der Waals surface area contributed by atoms with E-state index in [0.717, 1.165) is 61.9 Å². The van der Waals surface area contributed by atoms with E-state index < -0.39 is 0 Å². The smallest absolute Gasteiger partial charge is 0.225 e. The van der Waals surface area contributed by atoms with Gasteiger partial charge in [-0.3, -0.25) is 9.59 Å². The number of hydrogen-bond acceptors (Lipinski definition) is 3. The van der Waals surface area contributed by atoms with Crippen LogP contribution in [0.2, 0.25) is 0 Å². The van der Waals surface area contributed by atoms with Crippen LogP contribution in [0.3, 0.4) is 0 Å². The highest BCUT2D eigenvalue weighted by molar-refractivity contribution is 6.02. The van der Waals surface area contributed by atoms with E-state index in [0.29, 0.717) is 18.8 Å². The maximum atomic E-state index is 12.5. The van der Waals surface area contributed by atoms with Crippen molar-refractivity contribution in [3.05, 3.63) is 42.5 Å². The van der Waals surface area contributed by atoms with Crippen LogP contribution < -0.4 is 10.6 Å². The molecule has 1 aliphatic heterocycles. The molecule has 5 heteroatoms. The van der Waals surface area contributed by atoms with Crippen molar-refractivity contribution in [1.82, 2.24) is 10.2 Å². The van der Waals surface area contributed by atoms with E-state index >= 15 is 0 Å². The monoisotopic (exact) mass is 381 g/mol. The number of carbonyl (C=O) groups excluding carboxylic acids is 2. The van der Waals surface area contributed by atoms with Crippen molar-refractivity contribution in [2.24, 2.45) is 5.92 Å². The number of nitrogens with zero attached hydrogens (tertiary/aromatic N) is 1. The average Bonchev–Trinajstić information content (AvgIpc) is 2.72. The zero-order chi connectivity index (χ0) is 19.8. The van der Waals surface area contributed by atoms with Gasteiger partial charge in [-0.05, 0) is 43.2 Å². The Hall–Kier alpha value is -2.40.